The largest absolute Gasteiger partial charge is 0.324 e. The molecule has 1 aromatic heterocycles. The van der Waals surface area contributed by atoms with Gasteiger partial charge >= 0.3 is 0 Å². The lowest BCUT2D eigenvalue weighted by atomic mass is 10.1. The summed E-state index contributed by atoms with van der Waals surface area (Å²) in [5.74, 6) is -0.131. The summed E-state index contributed by atoms with van der Waals surface area (Å²) in [6.07, 6.45) is 3.25. The Labute approximate surface area is 173 Å². The molecule has 1 heterocycles. The van der Waals surface area contributed by atoms with E-state index >= 15 is 0 Å². The fraction of sp³-hybridized carbons (Fsp3) is 0.0417. The molecule has 148 valence electrons. The van der Waals surface area contributed by atoms with Crippen molar-refractivity contribution in [3.8, 4) is 11.1 Å². The van der Waals surface area contributed by atoms with Crippen molar-refractivity contribution in [3.05, 3.63) is 102 Å². The van der Waals surface area contributed by atoms with Gasteiger partial charge in [-0.25, -0.2) is 14.4 Å². The van der Waals surface area contributed by atoms with Gasteiger partial charge in [-0.1, -0.05) is 30.3 Å². The van der Waals surface area contributed by atoms with Gasteiger partial charge in [-0.15, -0.1) is 0 Å². The zero-order chi connectivity index (χ0) is 20.9. The minimum atomic E-state index is -0.310. The maximum Gasteiger partial charge on any atom is 0.255 e. The number of aromatic nitrogens is 2. The molecule has 0 aliphatic heterocycles. The molecule has 0 spiro atoms. The third-order valence-electron chi connectivity index (χ3n) is 4.47. The highest BCUT2D eigenvalue weighted by Crippen LogP contribution is 2.21. The van der Waals surface area contributed by atoms with Gasteiger partial charge in [0.2, 0.25) is 5.95 Å². The van der Waals surface area contributed by atoms with Gasteiger partial charge in [-0.05, 0) is 60.5 Å². The first kappa shape index (κ1) is 19.3. The molecule has 5 nitrogen and oxygen atoms in total. The monoisotopic (exact) mass is 398 g/mol. The number of aryl methyl sites for hydroxylation is 1. The first-order chi connectivity index (χ1) is 14.6. The first-order valence-corrected chi connectivity index (χ1v) is 9.40. The molecule has 0 atom stereocenters. The molecule has 30 heavy (non-hydrogen) atoms. The number of carbonyl (C=O) groups is 1. The minimum absolute atomic E-state index is 0.202. The fourth-order valence-corrected chi connectivity index (χ4v) is 3.00. The van der Waals surface area contributed by atoms with E-state index in [0.717, 1.165) is 11.3 Å². The molecule has 4 rings (SSSR count). The number of carbonyl (C=O) groups excluding carboxylic acids is 1. The molecule has 4 aromatic rings. The van der Waals surface area contributed by atoms with Crippen LogP contribution in [-0.4, -0.2) is 15.9 Å². The van der Waals surface area contributed by atoms with Crippen LogP contribution in [-0.2, 0) is 0 Å². The van der Waals surface area contributed by atoms with Gasteiger partial charge in [0.15, 0.2) is 0 Å². The number of benzene rings is 3. The Balaban J connectivity index is 1.47. The Morgan fingerprint density at radius 1 is 0.833 bits per heavy atom. The van der Waals surface area contributed by atoms with E-state index in [1.54, 1.807) is 42.7 Å². The molecule has 0 saturated carbocycles. The van der Waals surface area contributed by atoms with E-state index in [1.165, 1.54) is 12.1 Å². The lowest BCUT2D eigenvalue weighted by Gasteiger charge is -2.09. The Hall–Kier alpha value is -4.06. The molecule has 6 heteroatoms. The number of nitrogens with one attached hydrogen (secondary N) is 2. The molecule has 0 bridgehead atoms. The predicted octanol–water partition coefficient (Wildman–Crippen LogP) is 5.59. The number of halogens is 1. The molecular formula is C24H19FN4O. The van der Waals surface area contributed by atoms with Gasteiger partial charge in [0.25, 0.3) is 5.91 Å². The summed E-state index contributed by atoms with van der Waals surface area (Å²) in [6, 6.07) is 21.0. The van der Waals surface area contributed by atoms with Crippen LogP contribution in [0.15, 0.2) is 85.2 Å². The van der Waals surface area contributed by atoms with Crippen LogP contribution in [0.2, 0.25) is 0 Å². The third-order valence-corrected chi connectivity index (χ3v) is 4.47. The maximum absolute atomic E-state index is 13.4. The van der Waals surface area contributed by atoms with Gasteiger partial charge in [-0.3, -0.25) is 4.79 Å². The van der Waals surface area contributed by atoms with Gasteiger partial charge in [0, 0.05) is 34.9 Å². The topological polar surface area (TPSA) is 66.9 Å². The van der Waals surface area contributed by atoms with Crippen LogP contribution in [0.4, 0.5) is 21.7 Å². The highest BCUT2D eigenvalue weighted by Gasteiger charge is 2.08. The summed E-state index contributed by atoms with van der Waals surface area (Å²) < 4.78 is 13.4. The zero-order valence-corrected chi connectivity index (χ0v) is 16.3. The summed E-state index contributed by atoms with van der Waals surface area (Å²) in [7, 11) is 0. The Kier molecular flexibility index (Phi) is 5.48. The fourth-order valence-electron chi connectivity index (χ4n) is 3.00. The highest BCUT2D eigenvalue weighted by molar-refractivity contribution is 6.04. The Morgan fingerprint density at radius 2 is 1.57 bits per heavy atom. The first-order valence-electron chi connectivity index (χ1n) is 9.40. The van der Waals surface area contributed by atoms with Crippen molar-refractivity contribution in [2.75, 3.05) is 10.6 Å². The van der Waals surface area contributed by atoms with E-state index in [2.05, 4.69) is 20.6 Å². The second kappa shape index (κ2) is 8.53. The summed E-state index contributed by atoms with van der Waals surface area (Å²) in [5, 5.41) is 5.98. The zero-order valence-electron chi connectivity index (χ0n) is 16.3. The van der Waals surface area contributed by atoms with E-state index in [-0.39, 0.29) is 11.7 Å². The van der Waals surface area contributed by atoms with Gasteiger partial charge in [0.1, 0.15) is 5.82 Å². The smallest absolute Gasteiger partial charge is 0.255 e. The van der Waals surface area contributed by atoms with E-state index in [1.807, 2.05) is 37.3 Å². The molecule has 3 aromatic carbocycles. The van der Waals surface area contributed by atoms with Crippen molar-refractivity contribution < 1.29 is 9.18 Å². The van der Waals surface area contributed by atoms with Crippen LogP contribution < -0.4 is 10.6 Å². The van der Waals surface area contributed by atoms with E-state index in [9.17, 15) is 9.18 Å². The summed E-state index contributed by atoms with van der Waals surface area (Å²) in [6.45, 7) is 1.97. The predicted molar refractivity (Wildman–Crippen MR) is 116 cm³/mol. The molecule has 0 unspecified atom stereocenters. The third kappa shape index (κ3) is 4.67. The van der Waals surface area contributed by atoms with Crippen molar-refractivity contribution in [1.29, 1.82) is 0 Å². The standard InChI is InChI=1S/C24H19FN4O/c1-16-5-2-9-21(11-16)28-23(30)18-7-4-10-22(13-18)29-24-26-14-19(15-27-24)17-6-3-8-20(25)12-17/h2-15H,1H3,(H,28,30)(H,26,27,29). The van der Waals surface area contributed by atoms with Gasteiger partial charge in [0.05, 0.1) is 0 Å². The van der Waals surface area contributed by atoms with Crippen LogP contribution in [0, 0.1) is 12.7 Å². The molecule has 2 N–H and O–H groups in total. The summed E-state index contributed by atoms with van der Waals surface area (Å²) >= 11 is 0. The van der Waals surface area contributed by atoms with Crippen LogP contribution in [0.1, 0.15) is 15.9 Å². The van der Waals surface area contributed by atoms with E-state index in [4.69, 9.17) is 0 Å². The molecule has 0 fully saturated rings. The maximum atomic E-state index is 13.4. The van der Waals surface area contributed by atoms with Gasteiger partial charge < -0.3 is 10.6 Å². The Bertz CT molecular complexity index is 1190. The summed E-state index contributed by atoms with van der Waals surface area (Å²) in [5.41, 5.74) is 4.43. The molecule has 0 radical (unpaired) electrons. The van der Waals surface area contributed by atoms with Crippen LogP contribution in [0.5, 0.6) is 0 Å². The molecule has 0 saturated heterocycles. The average Bonchev–Trinajstić information content (AvgIpc) is 2.74. The normalized spacial score (nSPS) is 10.5. The number of hydrogen-bond acceptors (Lipinski definition) is 4. The number of rotatable bonds is 5. The lowest BCUT2D eigenvalue weighted by Crippen LogP contribution is -2.12. The van der Waals surface area contributed by atoms with Crippen LogP contribution >= 0.6 is 0 Å². The van der Waals surface area contributed by atoms with Crippen molar-refractivity contribution in [2.24, 2.45) is 0 Å². The molecule has 0 aliphatic carbocycles. The van der Waals surface area contributed by atoms with E-state index < -0.39 is 0 Å². The van der Waals surface area contributed by atoms with Crippen LogP contribution in [0.3, 0.4) is 0 Å². The second-order valence-corrected chi connectivity index (χ2v) is 6.84. The lowest BCUT2D eigenvalue weighted by molar-refractivity contribution is 0.102. The van der Waals surface area contributed by atoms with Crippen molar-refractivity contribution in [1.82, 2.24) is 9.97 Å². The van der Waals surface area contributed by atoms with Crippen molar-refractivity contribution >= 4 is 23.2 Å². The van der Waals surface area contributed by atoms with Crippen molar-refractivity contribution in [3.63, 3.8) is 0 Å². The number of anilines is 3. The van der Waals surface area contributed by atoms with Crippen molar-refractivity contribution in [2.45, 2.75) is 6.92 Å². The number of hydrogen-bond donors (Lipinski definition) is 2. The Morgan fingerprint density at radius 3 is 2.33 bits per heavy atom. The second-order valence-electron chi connectivity index (χ2n) is 6.84. The molecule has 0 aliphatic rings. The minimum Gasteiger partial charge on any atom is -0.324 e. The average molecular weight is 398 g/mol. The van der Waals surface area contributed by atoms with Crippen LogP contribution in [0.25, 0.3) is 11.1 Å². The highest BCUT2D eigenvalue weighted by atomic mass is 19.1. The SMILES string of the molecule is Cc1cccc(NC(=O)c2cccc(Nc3ncc(-c4cccc(F)c4)cn3)c2)c1. The van der Waals surface area contributed by atoms with Gasteiger partial charge in [-0.2, -0.15) is 0 Å². The van der Waals surface area contributed by atoms with E-state index in [0.29, 0.717) is 28.3 Å². The number of nitrogens with zero attached hydrogens (tertiary/aromatic N) is 2. The summed E-state index contributed by atoms with van der Waals surface area (Å²) in [4.78, 5) is 21.1. The molecular weight excluding hydrogens is 379 g/mol. The number of amides is 1. The quantitative estimate of drug-likeness (QED) is 0.460. The molecule has 1 amide bonds.